The van der Waals surface area contributed by atoms with Crippen molar-refractivity contribution >= 4 is 11.4 Å². The number of rotatable bonds is 4. The van der Waals surface area contributed by atoms with E-state index in [9.17, 15) is 10.1 Å². The van der Waals surface area contributed by atoms with Crippen LogP contribution in [0.1, 0.15) is 38.7 Å². The number of nitro benzene ring substituents is 1. The largest absolute Gasteiger partial charge is 0.383 e. The summed E-state index contributed by atoms with van der Waals surface area (Å²) in [5, 5.41) is 14.0. The summed E-state index contributed by atoms with van der Waals surface area (Å²) in [6, 6.07) is 6.56. The summed E-state index contributed by atoms with van der Waals surface area (Å²) < 4.78 is 0. The molecule has 1 N–H and O–H groups in total. The van der Waals surface area contributed by atoms with Crippen LogP contribution >= 0.6 is 0 Å². The number of nitro groups is 1. The number of nitrogens with zero attached hydrogens (tertiary/aromatic N) is 2. The van der Waals surface area contributed by atoms with E-state index in [-0.39, 0.29) is 10.6 Å². The van der Waals surface area contributed by atoms with Crippen LogP contribution in [0.25, 0.3) is 0 Å². The molecule has 1 fully saturated rings. The molecule has 0 aliphatic carbocycles. The molecule has 2 rings (SSSR count). The van der Waals surface area contributed by atoms with Crippen molar-refractivity contribution in [1.29, 1.82) is 0 Å². The highest BCUT2D eigenvalue weighted by atomic mass is 16.6. The molecule has 1 aliphatic heterocycles. The van der Waals surface area contributed by atoms with Gasteiger partial charge in [-0.05, 0) is 38.3 Å². The molecule has 110 valence electrons. The normalized spacial score (nSPS) is 23.6. The van der Waals surface area contributed by atoms with Crippen LogP contribution in [0.2, 0.25) is 0 Å². The van der Waals surface area contributed by atoms with Crippen LogP contribution in [-0.4, -0.2) is 29.0 Å². The molecule has 1 aromatic carbocycles. The standard InChI is InChI=1S/C15H23N3O2/c1-11-5-4-6-12(2)17(11)10-13-7-8-14(16-3)15(9-13)18(19)20/h7-9,11-12,16H,4-6,10H2,1-3H3/t11-,12+. The fourth-order valence-corrected chi connectivity index (χ4v) is 3.04. The highest BCUT2D eigenvalue weighted by Gasteiger charge is 2.25. The topological polar surface area (TPSA) is 58.4 Å². The fraction of sp³-hybridized carbons (Fsp3) is 0.600. The predicted octanol–water partition coefficient (Wildman–Crippen LogP) is 3.40. The predicted molar refractivity (Wildman–Crippen MR) is 81.0 cm³/mol. The van der Waals surface area contributed by atoms with Crippen molar-refractivity contribution in [1.82, 2.24) is 4.90 Å². The zero-order valence-corrected chi connectivity index (χ0v) is 12.4. The Kier molecular flexibility index (Phi) is 4.60. The minimum absolute atomic E-state index is 0.155. The average molecular weight is 277 g/mol. The Balaban J connectivity index is 2.20. The van der Waals surface area contributed by atoms with Gasteiger partial charge in [-0.2, -0.15) is 0 Å². The zero-order valence-electron chi connectivity index (χ0n) is 12.4. The third kappa shape index (κ3) is 3.10. The van der Waals surface area contributed by atoms with Gasteiger partial charge >= 0.3 is 0 Å². The van der Waals surface area contributed by atoms with Gasteiger partial charge in [-0.3, -0.25) is 15.0 Å². The lowest BCUT2D eigenvalue weighted by atomic mass is 9.96. The summed E-state index contributed by atoms with van der Waals surface area (Å²) in [4.78, 5) is 13.2. The molecule has 0 amide bonds. The van der Waals surface area contributed by atoms with E-state index >= 15 is 0 Å². The lowest BCUT2D eigenvalue weighted by Gasteiger charge is -2.39. The first-order valence-corrected chi connectivity index (χ1v) is 7.23. The maximum Gasteiger partial charge on any atom is 0.292 e. The molecule has 0 radical (unpaired) electrons. The smallest absolute Gasteiger partial charge is 0.292 e. The summed E-state index contributed by atoms with van der Waals surface area (Å²) >= 11 is 0. The van der Waals surface area contributed by atoms with E-state index in [1.807, 2.05) is 6.07 Å². The molecule has 0 aromatic heterocycles. The van der Waals surface area contributed by atoms with E-state index in [2.05, 4.69) is 24.1 Å². The molecule has 20 heavy (non-hydrogen) atoms. The van der Waals surface area contributed by atoms with Crippen molar-refractivity contribution in [2.45, 2.75) is 51.7 Å². The Labute approximate surface area is 120 Å². The summed E-state index contributed by atoms with van der Waals surface area (Å²) in [6.45, 7) is 5.27. The van der Waals surface area contributed by atoms with E-state index < -0.39 is 0 Å². The van der Waals surface area contributed by atoms with Crippen molar-refractivity contribution in [2.24, 2.45) is 0 Å². The molecule has 0 spiro atoms. The van der Waals surface area contributed by atoms with Gasteiger partial charge in [-0.25, -0.2) is 0 Å². The van der Waals surface area contributed by atoms with Gasteiger partial charge in [0.1, 0.15) is 5.69 Å². The molecule has 1 saturated heterocycles. The molecule has 1 aliphatic rings. The SMILES string of the molecule is CNc1ccc(CN2[C@H](C)CCC[C@@H]2C)cc1[N+](=O)[O-]. The molecule has 2 atom stereocenters. The van der Waals surface area contributed by atoms with E-state index in [0.717, 1.165) is 12.1 Å². The Morgan fingerprint density at radius 3 is 2.55 bits per heavy atom. The zero-order chi connectivity index (χ0) is 14.7. The molecule has 5 nitrogen and oxygen atoms in total. The van der Waals surface area contributed by atoms with Gasteiger partial charge in [0.05, 0.1) is 4.92 Å². The Morgan fingerprint density at radius 1 is 1.35 bits per heavy atom. The van der Waals surface area contributed by atoms with Crippen molar-refractivity contribution in [2.75, 3.05) is 12.4 Å². The first-order chi connectivity index (χ1) is 9.52. The van der Waals surface area contributed by atoms with E-state index in [1.54, 1.807) is 19.2 Å². The summed E-state index contributed by atoms with van der Waals surface area (Å²) in [5.74, 6) is 0. The maximum absolute atomic E-state index is 11.1. The summed E-state index contributed by atoms with van der Waals surface area (Å²) in [5.41, 5.74) is 1.73. The van der Waals surface area contributed by atoms with Gasteiger partial charge in [0.2, 0.25) is 0 Å². The van der Waals surface area contributed by atoms with Crippen LogP contribution in [0.15, 0.2) is 18.2 Å². The molecular weight excluding hydrogens is 254 g/mol. The van der Waals surface area contributed by atoms with Crippen molar-refractivity contribution in [3.8, 4) is 0 Å². The van der Waals surface area contributed by atoms with Crippen LogP contribution in [0.3, 0.4) is 0 Å². The Hall–Kier alpha value is -1.62. The Bertz CT molecular complexity index is 480. The van der Waals surface area contributed by atoms with Gasteiger partial charge in [0, 0.05) is 31.7 Å². The average Bonchev–Trinajstić information content (AvgIpc) is 2.43. The third-order valence-corrected chi connectivity index (χ3v) is 4.27. The summed E-state index contributed by atoms with van der Waals surface area (Å²) in [6.07, 6.45) is 3.69. The number of benzene rings is 1. The first kappa shape index (κ1) is 14.8. The number of hydrogen-bond acceptors (Lipinski definition) is 4. The monoisotopic (exact) mass is 277 g/mol. The molecule has 1 aromatic rings. The molecule has 0 saturated carbocycles. The second kappa shape index (κ2) is 6.22. The van der Waals surface area contributed by atoms with Crippen molar-refractivity contribution < 1.29 is 4.92 Å². The maximum atomic E-state index is 11.1. The number of nitrogens with one attached hydrogen (secondary N) is 1. The van der Waals surface area contributed by atoms with Gasteiger partial charge in [-0.1, -0.05) is 12.5 Å². The lowest BCUT2D eigenvalue weighted by Crippen LogP contribution is -2.42. The van der Waals surface area contributed by atoms with Crippen molar-refractivity contribution in [3.63, 3.8) is 0 Å². The van der Waals surface area contributed by atoms with Crippen LogP contribution in [0, 0.1) is 10.1 Å². The fourth-order valence-electron chi connectivity index (χ4n) is 3.04. The van der Waals surface area contributed by atoms with Crippen LogP contribution in [0.4, 0.5) is 11.4 Å². The van der Waals surface area contributed by atoms with Crippen molar-refractivity contribution in [3.05, 3.63) is 33.9 Å². The van der Waals surface area contributed by atoms with E-state index in [0.29, 0.717) is 17.8 Å². The highest BCUT2D eigenvalue weighted by molar-refractivity contribution is 5.62. The second-order valence-electron chi connectivity index (χ2n) is 5.66. The number of hydrogen-bond donors (Lipinski definition) is 1. The van der Waals surface area contributed by atoms with Gasteiger partial charge in [-0.15, -0.1) is 0 Å². The van der Waals surface area contributed by atoms with E-state index in [4.69, 9.17) is 0 Å². The number of likely N-dealkylation sites (tertiary alicyclic amines) is 1. The first-order valence-electron chi connectivity index (χ1n) is 7.23. The van der Waals surface area contributed by atoms with Crippen LogP contribution in [0.5, 0.6) is 0 Å². The molecule has 5 heteroatoms. The molecule has 1 heterocycles. The quantitative estimate of drug-likeness (QED) is 0.677. The third-order valence-electron chi connectivity index (χ3n) is 4.27. The van der Waals surface area contributed by atoms with Gasteiger partial charge in [0.25, 0.3) is 5.69 Å². The second-order valence-corrected chi connectivity index (χ2v) is 5.66. The van der Waals surface area contributed by atoms with Crippen LogP contribution < -0.4 is 5.32 Å². The Morgan fingerprint density at radius 2 is 2.00 bits per heavy atom. The van der Waals surface area contributed by atoms with Gasteiger partial charge in [0.15, 0.2) is 0 Å². The minimum atomic E-state index is -0.321. The summed E-state index contributed by atoms with van der Waals surface area (Å²) in [7, 11) is 1.71. The van der Waals surface area contributed by atoms with E-state index in [1.165, 1.54) is 19.3 Å². The lowest BCUT2D eigenvalue weighted by molar-refractivity contribution is -0.384. The van der Waals surface area contributed by atoms with Gasteiger partial charge < -0.3 is 5.32 Å². The van der Waals surface area contributed by atoms with Crippen LogP contribution in [-0.2, 0) is 6.54 Å². The molecular formula is C15H23N3O2. The molecule has 0 bridgehead atoms. The number of piperidine rings is 1. The highest BCUT2D eigenvalue weighted by Crippen LogP contribution is 2.28. The number of anilines is 1. The molecule has 0 unspecified atom stereocenters. The minimum Gasteiger partial charge on any atom is -0.383 e.